The number of nitrogens with zero attached hydrogens (tertiary/aromatic N) is 3. The Labute approximate surface area is 141 Å². The Hall–Kier alpha value is -3.48. The zero-order valence-corrected chi connectivity index (χ0v) is 13.4. The van der Waals surface area contributed by atoms with Gasteiger partial charge in [0.15, 0.2) is 0 Å². The van der Waals surface area contributed by atoms with E-state index in [9.17, 15) is 9.59 Å². The van der Waals surface area contributed by atoms with Crippen LogP contribution in [0, 0.1) is 0 Å². The summed E-state index contributed by atoms with van der Waals surface area (Å²) < 4.78 is 6.16. The minimum absolute atomic E-state index is 0.132. The van der Waals surface area contributed by atoms with E-state index in [-0.39, 0.29) is 11.5 Å². The summed E-state index contributed by atoms with van der Waals surface area (Å²) in [7, 11) is 1.59. The number of aromatic amines is 1. The second kappa shape index (κ2) is 5.86. The molecule has 0 aliphatic rings. The minimum atomic E-state index is -0.465. The zero-order chi connectivity index (χ0) is 17.4. The van der Waals surface area contributed by atoms with E-state index < -0.39 is 11.1 Å². The van der Waals surface area contributed by atoms with E-state index in [1.165, 1.54) is 0 Å². The molecule has 2 aromatic carbocycles. The molecule has 4 aromatic rings. The quantitative estimate of drug-likeness (QED) is 0.574. The van der Waals surface area contributed by atoms with Crippen molar-refractivity contribution in [2.75, 3.05) is 7.11 Å². The number of benzene rings is 2. The van der Waals surface area contributed by atoms with Crippen LogP contribution in [0.3, 0.4) is 0 Å². The second-order valence-electron chi connectivity index (χ2n) is 5.59. The molecule has 0 spiro atoms. The number of nitrogens with one attached hydrogen (secondary N) is 1. The Morgan fingerprint density at radius 2 is 1.80 bits per heavy atom. The van der Waals surface area contributed by atoms with E-state index in [1.54, 1.807) is 31.4 Å². The molecule has 0 saturated carbocycles. The predicted molar refractivity (Wildman–Crippen MR) is 93.2 cm³/mol. The highest BCUT2D eigenvalue weighted by atomic mass is 16.5. The number of para-hydroxylation sites is 1. The summed E-state index contributed by atoms with van der Waals surface area (Å²) >= 11 is 0. The lowest BCUT2D eigenvalue weighted by Gasteiger charge is -2.06. The maximum atomic E-state index is 12.7. The molecule has 0 radical (unpaired) electrons. The summed E-state index contributed by atoms with van der Waals surface area (Å²) in [4.78, 5) is 29.7. The van der Waals surface area contributed by atoms with E-state index in [0.717, 1.165) is 15.7 Å². The molecule has 2 heterocycles. The van der Waals surface area contributed by atoms with Crippen molar-refractivity contribution in [1.82, 2.24) is 19.6 Å². The fourth-order valence-electron chi connectivity index (χ4n) is 2.74. The third kappa shape index (κ3) is 2.55. The molecular weight excluding hydrogens is 320 g/mol. The summed E-state index contributed by atoms with van der Waals surface area (Å²) in [6, 6.07) is 14.2. The lowest BCUT2D eigenvalue weighted by Crippen LogP contribution is -2.32. The van der Waals surface area contributed by atoms with Crippen molar-refractivity contribution in [3.63, 3.8) is 0 Å². The van der Waals surface area contributed by atoms with Gasteiger partial charge in [0.05, 0.1) is 18.0 Å². The molecule has 0 fully saturated rings. The van der Waals surface area contributed by atoms with Crippen LogP contribution in [0.4, 0.5) is 0 Å². The van der Waals surface area contributed by atoms with Crippen LogP contribution in [-0.2, 0) is 6.42 Å². The normalized spacial score (nSPS) is 11.1. The van der Waals surface area contributed by atoms with Gasteiger partial charge < -0.3 is 4.74 Å². The number of hydrogen-bond donors (Lipinski definition) is 1. The van der Waals surface area contributed by atoms with Crippen LogP contribution in [0.2, 0.25) is 0 Å². The zero-order valence-electron chi connectivity index (χ0n) is 13.4. The Kier molecular flexibility index (Phi) is 3.53. The van der Waals surface area contributed by atoms with Gasteiger partial charge in [0.25, 0.3) is 11.1 Å². The molecule has 0 bridgehead atoms. The summed E-state index contributed by atoms with van der Waals surface area (Å²) in [6.45, 7) is 0. The molecule has 7 nitrogen and oxygen atoms in total. The largest absolute Gasteiger partial charge is 0.497 e. The van der Waals surface area contributed by atoms with Gasteiger partial charge in [-0.25, -0.2) is 14.5 Å². The standard InChI is InChI=1S/C18H14N4O3/c1-25-12-8-6-11(7-9-12)10-15-17(24)22-16(23)13-4-2-3-5-14(13)19-18(22)21-20-15/h2-9H,10H2,1H3,(H,19,21). The Morgan fingerprint density at radius 1 is 1.04 bits per heavy atom. The molecule has 4 rings (SSSR count). The Balaban J connectivity index is 1.86. The van der Waals surface area contributed by atoms with Gasteiger partial charge in [-0.15, -0.1) is 0 Å². The molecule has 25 heavy (non-hydrogen) atoms. The first-order valence-electron chi connectivity index (χ1n) is 7.69. The molecule has 0 atom stereocenters. The minimum Gasteiger partial charge on any atom is -0.497 e. The lowest BCUT2D eigenvalue weighted by molar-refractivity contribution is 0.414. The van der Waals surface area contributed by atoms with E-state index >= 15 is 0 Å². The molecule has 0 unspecified atom stereocenters. The third-order valence-corrected chi connectivity index (χ3v) is 4.05. The van der Waals surface area contributed by atoms with Crippen LogP contribution in [0.25, 0.3) is 16.7 Å². The lowest BCUT2D eigenvalue weighted by atomic mass is 10.1. The molecule has 0 aliphatic heterocycles. The monoisotopic (exact) mass is 334 g/mol. The van der Waals surface area contributed by atoms with Gasteiger partial charge in [0.1, 0.15) is 11.4 Å². The van der Waals surface area contributed by atoms with Gasteiger partial charge >= 0.3 is 0 Å². The SMILES string of the molecule is COc1ccc(Cc2n[nH]c3nc4ccccc4c(=O)n3c2=O)cc1. The molecule has 7 heteroatoms. The van der Waals surface area contributed by atoms with Gasteiger partial charge in [-0.1, -0.05) is 24.3 Å². The summed E-state index contributed by atoms with van der Waals surface area (Å²) in [5.41, 5.74) is 0.790. The smallest absolute Gasteiger partial charge is 0.284 e. The highest BCUT2D eigenvalue weighted by molar-refractivity contribution is 5.78. The third-order valence-electron chi connectivity index (χ3n) is 4.05. The van der Waals surface area contributed by atoms with Crippen LogP contribution in [-0.4, -0.2) is 26.7 Å². The van der Waals surface area contributed by atoms with E-state index in [2.05, 4.69) is 15.2 Å². The maximum Gasteiger partial charge on any atom is 0.284 e. The molecule has 0 aliphatic carbocycles. The maximum absolute atomic E-state index is 12.7. The number of aromatic nitrogens is 4. The second-order valence-corrected chi connectivity index (χ2v) is 5.59. The predicted octanol–water partition coefficient (Wildman–Crippen LogP) is 1.53. The van der Waals surface area contributed by atoms with Gasteiger partial charge in [0, 0.05) is 6.42 Å². The summed E-state index contributed by atoms with van der Waals surface area (Å²) in [5, 5.41) is 7.21. The molecule has 0 amide bonds. The van der Waals surface area contributed by atoms with Crippen LogP contribution in [0.5, 0.6) is 5.75 Å². The van der Waals surface area contributed by atoms with Crippen molar-refractivity contribution in [2.45, 2.75) is 6.42 Å². The number of fused-ring (bicyclic) bond motifs is 2. The Bertz CT molecular complexity index is 1190. The molecule has 0 saturated heterocycles. The van der Waals surface area contributed by atoms with Crippen LogP contribution in [0.15, 0.2) is 58.1 Å². The molecule has 2 aromatic heterocycles. The van der Waals surface area contributed by atoms with Crippen LogP contribution in [0.1, 0.15) is 11.3 Å². The summed E-state index contributed by atoms with van der Waals surface area (Å²) in [5.74, 6) is 0.864. The average Bonchev–Trinajstić information content (AvgIpc) is 2.65. The number of H-pyrrole nitrogens is 1. The first kappa shape index (κ1) is 15.1. The molecule has 1 N–H and O–H groups in total. The number of methoxy groups -OCH3 is 1. The number of hydrogen-bond acceptors (Lipinski definition) is 5. The van der Waals surface area contributed by atoms with Gasteiger partial charge in [-0.3, -0.25) is 9.59 Å². The average molecular weight is 334 g/mol. The van der Waals surface area contributed by atoms with E-state index in [1.807, 2.05) is 24.3 Å². The highest BCUT2D eigenvalue weighted by Crippen LogP contribution is 2.13. The molecular formula is C18H14N4O3. The van der Waals surface area contributed by atoms with Crippen molar-refractivity contribution < 1.29 is 4.74 Å². The van der Waals surface area contributed by atoms with E-state index in [4.69, 9.17) is 4.74 Å². The van der Waals surface area contributed by atoms with Crippen LogP contribution >= 0.6 is 0 Å². The first-order valence-corrected chi connectivity index (χ1v) is 7.69. The summed E-state index contributed by atoms with van der Waals surface area (Å²) in [6.07, 6.45) is 0.300. The molecule has 124 valence electrons. The van der Waals surface area contributed by atoms with E-state index in [0.29, 0.717) is 17.3 Å². The van der Waals surface area contributed by atoms with Crippen LogP contribution < -0.4 is 15.9 Å². The first-order chi connectivity index (χ1) is 12.2. The van der Waals surface area contributed by atoms with Crippen molar-refractivity contribution in [3.05, 3.63) is 80.5 Å². The van der Waals surface area contributed by atoms with Gasteiger partial charge in [-0.05, 0) is 29.8 Å². The van der Waals surface area contributed by atoms with Gasteiger partial charge in [0.2, 0.25) is 5.78 Å². The topological polar surface area (TPSA) is 89.3 Å². The fraction of sp³-hybridized carbons (Fsp3) is 0.111. The fourth-order valence-corrected chi connectivity index (χ4v) is 2.74. The number of rotatable bonds is 3. The highest BCUT2D eigenvalue weighted by Gasteiger charge is 2.12. The van der Waals surface area contributed by atoms with Crippen molar-refractivity contribution in [2.24, 2.45) is 0 Å². The van der Waals surface area contributed by atoms with Crippen molar-refractivity contribution >= 4 is 16.7 Å². The van der Waals surface area contributed by atoms with Crippen molar-refractivity contribution in [3.8, 4) is 5.75 Å². The van der Waals surface area contributed by atoms with Gasteiger partial charge in [-0.2, -0.15) is 5.10 Å². The number of ether oxygens (including phenoxy) is 1. The van der Waals surface area contributed by atoms with Crippen molar-refractivity contribution in [1.29, 1.82) is 0 Å². The Morgan fingerprint density at radius 3 is 2.56 bits per heavy atom.